The van der Waals surface area contributed by atoms with Crippen molar-refractivity contribution in [2.75, 3.05) is 6.61 Å². The molecule has 3 rings (SSSR count). The molecular formula is C16H13BrCl2O. The van der Waals surface area contributed by atoms with Crippen LogP contribution in [0.4, 0.5) is 0 Å². The molecule has 20 heavy (non-hydrogen) atoms. The van der Waals surface area contributed by atoms with Crippen LogP contribution in [-0.2, 0) is 6.42 Å². The van der Waals surface area contributed by atoms with Crippen molar-refractivity contribution in [3.05, 3.63) is 62.6 Å². The Morgan fingerprint density at radius 2 is 2.00 bits per heavy atom. The van der Waals surface area contributed by atoms with Crippen LogP contribution in [0.25, 0.3) is 0 Å². The van der Waals surface area contributed by atoms with Crippen molar-refractivity contribution in [3.8, 4) is 5.75 Å². The van der Waals surface area contributed by atoms with Crippen LogP contribution in [-0.4, -0.2) is 6.61 Å². The molecule has 1 aliphatic heterocycles. The van der Waals surface area contributed by atoms with E-state index in [1.807, 2.05) is 30.3 Å². The van der Waals surface area contributed by atoms with Crippen molar-refractivity contribution < 1.29 is 4.74 Å². The lowest BCUT2D eigenvalue weighted by Crippen LogP contribution is -2.09. The first-order valence-electron chi connectivity index (χ1n) is 6.50. The standard InChI is InChI=1S/C16H13BrCl2O/c17-12-4-5-14(18)13(9-12)16(19)11-3-6-15-10(8-11)2-1-7-20-15/h3-6,8-9,16H,1-2,7H2. The molecule has 104 valence electrons. The molecule has 0 amide bonds. The van der Waals surface area contributed by atoms with E-state index in [1.54, 1.807) is 0 Å². The summed E-state index contributed by atoms with van der Waals surface area (Å²) in [5.74, 6) is 0.976. The predicted molar refractivity (Wildman–Crippen MR) is 87.1 cm³/mol. The Kier molecular flexibility index (Phi) is 4.25. The lowest BCUT2D eigenvalue weighted by Gasteiger charge is -2.20. The summed E-state index contributed by atoms with van der Waals surface area (Å²) in [7, 11) is 0. The first kappa shape index (κ1) is 14.2. The van der Waals surface area contributed by atoms with E-state index in [9.17, 15) is 0 Å². The molecule has 0 spiro atoms. The van der Waals surface area contributed by atoms with Gasteiger partial charge in [0.15, 0.2) is 0 Å². The first-order chi connectivity index (χ1) is 9.65. The van der Waals surface area contributed by atoms with Gasteiger partial charge in [-0.05, 0) is 53.8 Å². The Hall–Kier alpha value is -0.700. The summed E-state index contributed by atoms with van der Waals surface area (Å²) in [6.45, 7) is 0.800. The summed E-state index contributed by atoms with van der Waals surface area (Å²) >= 11 is 16.3. The molecule has 1 heterocycles. The van der Waals surface area contributed by atoms with Crippen LogP contribution in [0.1, 0.15) is 28.5 Å². The van der Waals surface area contributed by atoms with Gasteiger partial charge in [0.05, 0.1) is 12.0 Å². The number of rotatable bonds is 2. The number of ether oxygens (including phenoxy) is 1. The van der Waals surface area contributed by atoms with Gasteiger partial charge in [0.1, 0.15) is 5.75 Å². The van der Waals surface area contributed by atoms with E-state index in [0.29, 0.717) is 5.02 Å². The summed E-state index contributed by atoms with van der Waals surface area (Å²) in [4.78, 5) is 0. The highest BCUT2D eigenvalue weighted by atomic mass is 79.9. The number of halogens is 3. The van der Waals surface area contributed by atoms with Gasteiger partial charge in [-0.25, -0.2) is 0 Å². The third-order valence-electron chi connectivity index (χ3n) is 3.46. The van der Waals surface area contributed by atoms with Crippen LogP contribution in [0, 0.1) is 0 Å². The van der Waals surface area contributed by atoms with Crippen LogP contribution < -0.4 is 4.74 Å². The Morgan fingerprint density at radius 3 is 2.85 bits per heavy atom. The SMILES string of the molecule is Clc1ccc(Br)cc1C(Cl)c1ccc2c(c1)CCCO2. The fourth-order valence-electron chi connectivity index (χ4n) is 2.43. The zero-order chi connectivity index (χ0) is 14.1. The molecule has 1 atom stereocenters. The maximum absolute atomic E-state index is 6.61. The fraction of sp³-hybridized carbons (Fsp3) is 0.250. The molecule has 0 aromatic heterocycles. The molecule has 0 N–H and O–H groups in total. The number of aryl methyl sites for hydroxylation is 1. The van der Waals surface area contributed by atoms with E-state index in [4.69, 9.17) is 27.9 Å². The average molecular weight is 372 g/mol. The van der Waals surface area contributed by atoms with Crippen LogP contribution >= 0.6 is 39.1 Å². The molecule has 4 heteroatoms. The van der Waals surface area contributed by atoms with Crippen molar-refractivity contribution in [2.24, 2.45) is 0 Å². The van der Waals surface area contributed by atoms with Crippen molar-refractivity contribution in [1.29, 1.82) is 0 Å². The number of fused-ring (bicyclic) bond motifs is 1. The van der Waals surface area contributed by atoms with Crippen molar-refractivity contribution in [2.45, 2.75) is 18.2 Å². The minimum absolute atomic E-state index is 0.257. The van der Waals surface area contributed by atoms with Gasteiger partial charge in [-0.2, -0.15) is 0 Å². The molecule has 2 aromatic carbocycles. The van der Waals surface area contributed by atoms with Crippen LogP contribution in [0.5, 0.6) is 5.75 Å². The molecule has 1 unspecified atom stereocenters. The number of hydrogen-bond acceptors (Lipinski definition) is 1. The maximum atomic E-state index is 6.61. The van der Waals surface area contributed by atoms with Gasteiger partial charge in [0.25, 0.3) is 0 Å². The molecule has 1 aliphatic rings. The summed E-state index contributed by atoms with van der Waals surface area (Å²) in [5, 5.41) is 0.425. The van der Waals surface area contributed by atoms with E-state index >= 15 is 0 Å². The second kappa shape index (κ2) is 5.97. The van der Waals surface area contributed by atoms with E-state index in [1.165, 1.54) is 5.56 Å². The van der Waals surface area contributed by atoms with Crippen LogP contribution in [0.2, 0.25) is 5.02 Å². The number of hydrogen-bond donors (Lipinski definition) is 0. The highest BCUT2D eigenvalue weighted by Gasteiger charge is 2.18. The Morgan fingerprint density at radius 1 is 1.15 bits per heavy atom. The average Bonchev–Trinajstić information content (AvgIpc) is 2.48. The molecule has 0 saturated heterocycles. The summed E-state index contributed by atoms with van der Waals surface area (Å²) in [6.07, 6.45) is 2.10. The normalized spacial score (nSPS) is 15.3. The molecule has 0 saturated carbocycles. The molecule has 0 bridgehead atoms. The molecule has 0 aliphatic carbocycles. The van der Waals surface area contributed by atoms with Crippen molar-refractivity contribution >= 4 is 39.1 Å². The monoisotopic (exact) mass is 370 g/mol. The van der Waals surface area contributed by atoms with E-state index in [-0.39, 0.29) is 5.38 Å². The van der Waals surface area contributed by atoms with Crippen LogP contribution in [0.15, 0.2) is 40.9 Å². The molecular weight excluding hydrogens is 359 g/mol. The molecule has 0 radical (unpaired) electrons. The zero-order valence-electron chi connectivity index (χ0n) is 10.7. The quantitative estimate of drug-likeness (QED) is 0.610. The first-order valence-corrected chi connectivity index (χ1v) is 8.10. The van der Waals surface area contributed by atoms with E-state index in [2.05, 4.69) is 22.0 Å². The van der Waals surface area contributed by atoms with E-state index in [0.717, 1.165) is 40.8 Å². The third-order valence-corrected chi connectivity index (χ3v) is 4.78. The Labute approximate surface area is 137 Å². The van der Waals surface area contributed by atoms with Crippen LogP contribution in [0.3, 0.4) is 0 Å². The number of benzene rings is 2. The topological polar surface area (TPSA) is 9.23 Å². The minimum atomic E-state index is -0.257. The second-order valence-corrected chi connectivity index (χ2v) is 6.61. The highest BCUT2D eigenvalue weighted by molar-refractivity contribution is 9.10. The Balaban J connectivity index is 1.97. The fourth-order valence-corrected chi connectivity index (χ4v) is 3.40. The summed E-state index contributed by atoms with van der Waals surface area (Å²) in [5.41, 5.74) is 3.20. The van der Waals surface area contributed by atoms with Gasteiger partial charge in [0, 0.05) is 9.50 Å². The lowest BCUT2D eigenvalue weighted by atomic mass is 9.98. The number of alkyl halides is 1. The summed E-state index contributed by atoms with van der Waals surface area (Å²) < 4.78 is 6.61. The zero-order valence-corrected chi connectivity index (χ0v) is 13.8. The van der Waals surface area contributed by atoms with Gasteiger partial charge in [-0.1, -0.05) is 39.7 Å². The largest absolute Gasteiger partial charge is 0.493 e. The smallest absolute Gasteiger partial charge is 0.122 e. The third kappa shape index (κ3) is 2.83. The maximum Gasteiger partial charge on any atom is 0.122 e. The second-order valence-electron chi connectivity index (χ2n) is 4.85. The molecule has 1 nitrogen and oxygen atoms in total. The van der Waals surface area contributed by atoms with E-state index < -0.39 is 0 Å². The summed E-state index contributed by atoms with van der Waals surface area (Å²) in [6, 6.07) is 11.9. The lowest BCUT2D eigenvalue weighted by molar-refractivity contribution is 0.288. The predicted octanol–water partition coefficient (Wildman–Crippen LogP) is 5.76. The van der Waals surface area contributed by atoms with Crippen molar-refractivity contribution in [1.82, 2.24) is 0 Å². The van der Waals surface area contributed by atoms with Gasteiger partial charge in [-0.15, -0.1) is 11.6 Å². The van der Waals surface area contributed by atoms with Gasteiger partial charge in [-0.3, -0.25) is 0 Å². The highest BCUT2D eigenvalue weighted by Crippen LogP contribution is 2.37. The van der Waals surface area contributed by atoms with Gasteiger partial charge in [0.2, 0.25) is 0 Å². The molecule has 2 aromatic rings. The minimum Gasteiger partial charge on any atom is -0.493 e. The molecule has 0 fully saturated rings. The van der Waals surface area contributed by atoms with Gasteiger partial charge >= 0.3 is 0 Å². The Bertz CT molecular complexity index is 642. The van der Waals surface area contributed by atoms with Gasteiger partial charge < -0.3 is 4.74 Å². The van der Waals surface area contributed by atoms with Crippen molar-refractivity contribution in [3.63, 3.8) is 0 Å².